The molecule has 1 aromatic heterocycles. The fraction of sp³-hybridized carbons (Fsp3) is 0.184. The predicted molar refractivity (Wildman–Crippen MR) is 211 cm³/mol. The highest BCUT2D eigenvalue weighted by Gasteiger charge is 2.52. The second kappa shape index (κ2) is 12.0. The topological polar surface area (TPSA) is 25.8 Å². The highest BCUT2D eigenvalue weighted by atomic mass is 14.9. The average Bonchev–Trinajstić information content (AvgIpc) is 3.19. The van der Waals surface area contributed by atoms with Gasteiger partial charge in [0.15, 0.2) is 0 Å². The number of nitrogens with zero attached hydrogens (tertiary/aromatic N) is 2. The number of aromatic nitrogens is 2. The maximum Gasteiger partial charge on any atom is 0.139 e. The molecule has 4 aliphatic carbocycles. The largest absolute Gasteiger partial charge is 0.240 e. The minimum Gasteiger partial charge on any atom is -0.240 e. The molecule has 2 nitrogen and oxygen atoms in total. The van der Waals surface area contributed by atoms with Crippen LogP contribution in [-0.2, 0) is 16.2 Å². The lowest BCUT2D eigenvalue weighted by Crippen LogP contribution is -2.49. The van der Waals surface area contributed by atoms with Crippen molar-refractivity contribution in [1.29, 1.82) is 0 Å². The van der Waals surface area contributed by atoms with E-state index in [2.05, 4.69) is 191 Å². The first-order chi connectivity index (χ1) is 24.9. The molecule has 0 N–H and O–H groups in total. The average molecular weight is 659 g/mol. The molecule has 4 aliphatic rings. The molecule has 0 spiro atoms. The van der Waals surface area contributed by atoms with Gasteiger partial charge in [0.2, 0.25) is 0 Å². The molecule has 51 heavy (non-hydrogen) atoms. The molecule has 0 bridgehead atoms. The second-order valence-electron chi connectivity index (χ2n) is 15.2. The van der Waals surface area contributed by atoms with Gasteiger partial charge in [-0.25, -0.2) is 9.97 Å². The zero-order valence-corrected chi connectivity index (χ0v) is 29.4. The van der Waals surface area contributed by atoms with Crippen LogP contribution in [0, 0.1) is 11.8 Å². The van der Waals surface area contributed by atoms with Gasteiger partial charge in [-0.15, -0.1) is 0 Å². The van der Waals surface area contributed by atoms with Crippen molar-refractivity contribution in [3.63, 3.8) is 0 Å². The third-order valence-corrected chi connectivity index (χ3v) is 12.2. The zero-order valence-electron chi connectivity index (χ0n) is 29.4. The monoisotopic (exact) mass is 658 g/mol. The summed E-state index contributed by atoms with van der Waals surface area (Å²) in [7, 11) is 0. The summed E-state index contributed by atoms with van der Waals surface area (Å²) in [5.74, 6) is 1.72. The molecule has 5 aromatic rings. The van der Waals surface area contributed by atoms with Gasteiger partial charge in [0.25, 0.3) is 0 Å². The number of fused-ring (bicyclic) bond motifs is 6. The van der Waals surface area contributed by atoms with Crippen LogP contribution in [0.3, 0.4) is 0 Å². The fourth-order valence-corrected chi connectivity index (χ4v) is 9.25. The number of benzene rings is 4. The van der Waals surface area contributed by atoms with E-state index in [1.807, 2.05) is 12.3 Å². The highest BCUT2D eigenvalue weighted by molar-refractivity contribution is 5.72. The Hall–Kier alpha value is -5.60. The lowest BCUT2D eigenvalue weighted by molar-refractivity contribution is 0.228. The Morgan fingerprint density at radius 3 is 1.84 bits per heavy atom. The summed E-state index contributed by atoms with van der Waals surface area (Å²) in [6.07, 6.45) is 29.5. The van der Waals surface area contributed by atoms with Crippen molar-refractivity contribution in [2.45, 2.75) is 42.9 Å². The van der Waals surface area contributed by atoms with Crippen LogP contribution in [0.5, 0.6) is 0 Å². The van der Waals surface area contributed by atoms with Crippen molar-refractivity contribution < 1.29 is 0 Å². The summed E-state index contributed by atoms with van der Waals surface area (Å²) in [6.45, 7) is 7.12. The standard InChI is InChI=1S/C49H42N2/c1-47-27-10-8-22-41(47)42-23-9-11-28-48(42,2)44-33-37(24-25-43(44)47)36-18-13-19-38(31-36)40-21-7-12-29-49(40,3)46-50-30-26-45(51-46)39-20-14-17-35(32-39)34-15-5-4-6-16-34/h4-33,40-42H,1-3H3. The van der Waals surface area contributed by atoms with Gasteiger partial charge in [0.05, 0.1) is 11.1 Å². The maximum atomic E-state index is 5.24. The second-order valence-corrected chi connectivity index (χ2v) is 15.2. The molecule has 4 aromatic carbocycles. The molecule has 0 fully saturated rings. The number of rotatable bonds is 5. The molecule has 0 aliphatic heterocycles. The van der Waals surface area contributed by atoms with Crippen molar-refractivity contribution >= 4 is 0 Å². The summed E-state index contributed by atoms with van der Waals surface area (Å²) in [4.78, 5) is 10.2. The summed E-state index contributed by atoms with van der Waals surface area (Å²) in [5.41, 5.74) is 10.5. The zero-order chi connectivity index (χ0) is 34.6. The first-order valence-corrected chi connectivity index (χ1v) is 18.2. The van der Waals surface area contributed by atoms with Crippen LogP contribution in [0.2, 0.25) is 0 Å². The van der Waals surface area contributed by atoms with Gasteiger partial charge in [-0.3, -0.25) is 0 Å². The van der Waals surface area contributed by atoms with E-state index < -0.39 is 5.41 Å². The van der Waals surface area contributed by atoms with E-state index >= 15 is 0 Å². The molecule has 6 unspecified atom stereocenters. The number of allylic oxidation sites excluding steroid dienone is 12. The third kappa shape index (κ3) is 5.08. The van der Waals surface area contributed by atoms with E-state index in [9.17, 15) is 0 Å². The van der Waals surface area contributed by atoms with Crippen molar-refractivity contribution in [1.82, 2.24) is 9.97 Å². The summed E-state index contributed by atoms with van der Waals surface area (Å²) in [5, 5.41) is 0. The molecular weight excluding hydrogens is 617 g/mol. The minimum atomic E-state index is -0.430. The molecule has 0 saturated carbocycles. The first kappa shape index (κ1) is 31.4. The molecular formula is C49H42N2. The van der Waals surface area contributed by atoms with Gasteiger partial charge in [-0.1, -0.05) is 172 Å². The summed E-state index contributed by atoms with van der Waals surface area (Å²) >= 11 is 0. The third-order valence-electron chi connectivity index (χ3n) is 12.2. The smallest absolute Gasteiger partial charge is 0.139 e. The van der Waals surface area contributed by atoms with Gasteiger partial charge in [-0.05, 0) is 75.9 Å². The van der Waals surface area contributed by atoms with E-state index in [1.165, 1.54) is 38.9 Å². The lowest BCUT2D eigenvalue weighted by atomic mass is 9.49. The van der Waals surface area contributed by atoms with Gasteiger partial charge in [0.1, 0.15) is 5.82 Å². The maximum absolute atomic E-state index is 5.24. The van der Waals surface area contributed by atoms with Gasteiger partial charge >= 0.3 is 0 Å². The molecule has 0 saturated heterocycles. The highest BCUT2D eigenvalue weighted by Crippen LogP contribution is 2.57. The van der Waals surface area contributed by atoms with Crippen LogP contribution in [0.4, 0.5) is 0 Å². The van der Waals surface area contributed by atoms with Crippen LogP contribution in [0.15, 0.2) is 182 Å². The van der Waals surface area contributed by atoms with Gasteiger partial charge in [0, 0.05) is 28.5 Å². The van der Waals surface area contributed by atoms with Crippen LogP contribution in [-0.4, -0.2) is 9.97 Å². The van der Waals surface area contributed by atoms with Gasteiger partial charge < -0.3 is 0 Å². The van der Waals surface area contributed by atoms with Crippen LogP contribution >= 0.6 is 0 Å². The quantitative estimate of drug-likeness (QED) is 0.188. The van der Waals surface area contributed by atoms with Crippen molar-refractivity contribution in [3.8, 4) is 33.5 Å². The first-order valence-electron chi connectivity index (χ1n) is 18.2. The van der Waals surface area contributed by atoms with Crippen molar-refractivity contribution in [2.75, 3.05) is 0 Å². The molecule has 2 heteroatoms. The van der Waals surface area contributed by atoms with E-state index in [0.29, 0.717) is 11.8 Å². The van der Waals surface area contributed by atoms with E-state index in [0.717, 1.165) is 17.1 Å². The van der Waals surface area contributed by atoms with Crippen LogP contribution in [0.1, 0.15) is 49.2 Å². The fourth-order valence-electron chi connectivity index (χ4n) is 9.25. The lowest BCUT2D eigenvalue weighted by Gasteiger charge is -2.53. The molecule has 9 rings (SSSR count). The van der Waals surface area contributed by atoms with E-state index in [4.69, 9.17) is 9.97 Å². The van der Waals surface area contributed by atoms with E-state index in [1.54, 1.807) is 0 Å². The van der Waals surface area contributed by atoms with E-state index in [-0.39, 0.29) is 16.7 Å². The van der Waals surface area contributed by atoms with Gasteiger partial charge in [-0.2, -0.15) is 0 Å². The summed E-state index contributed by atoms with van der Waals surface area (Å²) < 4.78 is 0. The van der Waals surface area contributed by atoms with Crippen LogP contribution in [0.25, 0.3) is 33.5 Å². The molecule has 248 valence electrons. The molecule has 0 amide bonds. The SMILES string of the molecule is CC1(c2nccc(-c3cccc(-c4ccccc4)c3)n2)C=CC=CC1c1cccc(-c2ccc3c(c2)C2(C)C=CC=CC2C2C=CC=CC32C)c1. The number of hydrogen-bond acceptors (Lipinski definition) is 2. The number of hydrogen-bond donors (Lipinski definition) is 0. The Morgan fingerprint density at radius 2 is 1.08 bits per heavy atom. The molecule has 6 atom stereocenters. The Balaban J connectivity index is 1.08. The van der Waals surface area contributed by atoms with Crippen molar-refractivity contribution in [3.05, 3.63) is 205 Å². The summed E-state index contributed by atoms with van der Waals surface area (Å²) in [6, 6.07) is 37.5. The van der Waals surface area contributed by atoms with Crippen LogP contribution < -0.4 is 0 Å². The minimum absolute atomic E-state index is 0.0391. The Labute approximate surface area is 302 Å². The van der Waals surface area contributed by atoms with Crippen molar-refractivity contribution in [2.24, 2.45) is 11.8 Å². The Morgan fingerprint density at radius 1 is 0.471 bits per heavy atom. The Kier molecular flexibility index (Phi) is 7.40. The predicted octanol–water partition coefficient (Wildman–Crippen LogP) is 11.7. The Bertz CT molecular complexity index is 2340. The molecule has 1 heterocycles. The molecule has 0 radical (unpaired) electrons. The normalized spacial score (nSPS) is 28.3.